The van der Waals surface area contributed by atoms with E-state index in [1.54, 1.807) is 20.2 Å². The van der Waals surface area contributed by atoms with Gasteiger partial charge in [-0.15, -0.1) is 24.0 Å². The van der Waals surface area contributed by atoms with Gasteiger partial charge >= 0.3 is 6.18 Å². The van der Waals surface area contributed by atoms with Gasteiger partial charge in [-0.1, -0.05) is 12.1 Å². The molecule has 1 aliphatic heterocycles. The molecular weight excluding hydrogens is 526 g/mol. The smallest absolute Gasteiger partial charge is 0.401 e. The zero-order valence-corrected chi connectivity index (χ0v) is 20.4. The Labute approximate surface area is 198 Å². The van der Waals surface area contributed by atoms with Crippen molar-refractivity contribution < 1.29 is 22.7 Å². The van der Waals surface area contributed by atoms with Gasteiger partial charge in [0.1, 0.15) is 5.75 Å². The Balaban J connectivity index is 0.00000480. The molecule has 0 radical (unpaired) electrons. The van der Waals surface area contributed by atoms with Crippen molar-refractivity contribution >= 4 is 35.8 Å². The number of likely N-dealkylation sites (N-methyl/N-ethyl adjacent to an activating group) is 1. The second-order valence-corrected chi connectivity index (χ2v) is 7.40. The summed E-state index contributed by atoms with van der Waals surface area (Å²) in [6, 6.07) is 7.22. The molecule has 31 heavy (non-hydrogen) atoms. The molecule has 1 unspecified atom stereocenters. The Hall–Kier alpha value is -1.76. The number of nitrogens with one attached hydrogen (secondary N) is 2. The number of carbonyl (C=O) groups is 1. The number of hydrogen-bond donors (Lipinski definition) is 2. The number of ether oxygens (including phenoxy) is 1. The molecule has 0 aromatic heterocycles. The molecule has 0 spiro atoms. The van der Waals surface area contributed by atoms with Crippen molar-refractivity contribution in [3.8, 4) is 5.75 Å². The highest BCUT2D eigenvalue weighted by Crippen LogP contribution is 2.20. The summed E-state index contributed by atoms with van der Waals surface area (Å²) in [5.41, 5.74) is 0.895. The monoisotopic (exact) mass is 557 g/mol. The normalized spacial score (nSPS) is 17.1. The van der Waals surface area contributed by atoms with Gasteiger partial charge in [0.25, 0.3) is 5.91 Å². The average molecular weight is 557 g/mol. The molecule has 7 nitrogen and oxygen atoms in total. The van der Waals surface area contributed by atoms with Crippen LogP contribution < -0.4 is 15.4 Å². The molecule has 1 atom stereocenters. The molecule has 0 bridgehead atoms. The quantitative estimate of drug-likeness (QED) is 0.292. The summed E-state index contributed by atoms with van der Waals surface area (Å²) in [7, 11) is 3.33. The number of amides is 1. The highest BCUT2D eigenvalue weighted by atomic mass is 127. The minimum Gasteiger partial charge on any atom is -0.484 e. The van der Waals surface area contributed by atoms with Crippen LogP contribution in [0.1, 0.15) is 18.9 Å². The fourth-order valence-electron chi connectivity index (χ4n) is 3.04. The number of likely N-dealkylation sites (tertiary alicyclic amines) is 1. The second-order valence-electron chi connectivity index (χ2n) is 7.40. The van der Waals surface area contributed by atoms with Crippen LogP contribution in [0.4, 0.5) is 13.2 Å². The summed E-state index contributed by atoms with van der Waals surface area (Å²) in [4.78, 5) is 19.0. The summed E-state index contributed by atoms with van der Waals surface area (Å²) in [5.74, 6) is 1.01. The third kappa shape index (κ3) is 10.4. The highest BCUT2D eigenvalue weighted by molar-refractivity contribution is 14.0. The summed E-state index contributed by atoms with van der Waals surface area (Å²) in [6.07, 6.45) is -3.55. The molecule has 0 saturated carbocycles. The fraction of sp³-hybridized carbons (Fsp3) is 0.600. The van der Waals surface area contributed by atoms with E-state index in [1.807, 2.05) is 25.1 Å². The molecule has 1 amide bonds. The lowest BCUT2D eigenvalue weighted by Gasteiger charge is -2.19. The molecule has 11 heteroatoms. The summed E-state index contributed by atoms with van der Waals surface area (Å²) in [6.45, 7) is 2.74. The number of alkyl halides is 3. The zero-order chi connectivity index (χ0) is 22.1. The zero-order valence-electron chi connectivity index (χ0n) is 18.0. The lowest BCUT2D eigenvalue weighted by atomic mass is 10.2. The van der Waals surface area contributed by atoms with Gasteiger partial charge < -0.3 is 20.3 Å². The molecule has 1 aliphatic rings. The van der Waals surface area contributed by atoms with E-state index < -0.39 is 12.7 Å². The van der Waals surface area contributed by atoms with Gasteiger partial charge in [0.15, 0.2) is 12.6 Å². The van der Waals surface area contributed by atoms with Gasteiger partial charge in [-0.3, -0.25) is 9.69 Å². The molecule has 1 aromatic rings. The number of aliphatic imine (C=N–C) groups is 1. The van der Waals surface area contributed by atoms with Gasteiger partial charge in [-0.2, -0.15) is 13.2 Å². The maximum absolute atomic E-state index is 12.6. The van der Waals surface area contributed by atoms with Crippen molar-refractivity contribution in [2.45, 2.75) is 32.1 Å². The van der Waals surface area contributed by atoms with E-state index in [0.29, 0.717) is 44.3 Å². The molecule has 1 aromatic carbocycles. The molecule has 176 valence electrons. The Morgan fingerprint density at radius 2 is 2.10 bits per heavy atom. The number of rotatable bonds is 8. The van der Waals surface area contributed by atoms with E-state index >= 15 is 0 Å². The average Bonchev–Trinajstić information content (AvgIpc) is 3.09. The van der Waals surface area contributed by atoms with E-state index in [4.69, 9.17) is 4.74 Å². The van der Waals surface area contributed by atoms with Gasteiger partial charge in [0, 0.05) is 39.8 Å². The van der Waals surface area contributed by atoms with Crippen molar-refractivity contribution in [2.75, 3.05) is 46.9 Å². The summed E-state index contributed by atoms with van der Waals surface area (Å²) < 4.78 is 43.2. The molecule has 1 saturated heterocycles. The SMILES string of the molecule is CCNC(=NCc1cccc(OCC(=O)N(C)C)c1)NC1CCN(CC(F)(F)F)C1.I. The largest absolute Gasteiger partial charge is 0.484 e. The van der Waals surface area contributed by atoms with E-state index in [0.717, 1.165) is 5.56 Å². The number of carbonyl (C=O) groups excluding carboxylic acids is 1. The lowest BCUT2D eigenvalue weighted by Crippen LogP contribution is -2.45. The number of halogens is 4. The van der Waals surface area contributed by atoms with E-state index in [-0.39, 0.29) is 42.5 Å². The second kappa shape index (κ2) is 12.9. The van der Waals surface area contributed by atoms with Crippen LogP contribution in [0, 0.1) is 0 Å². The molecule has 1 heterocycles. The van der Waals surface area contributed by atoms with Crippen LogP contribution in [0.3, 0.4) is 0 Å². The predicted octanol–water partition coefficient (Wildman–Crippen LogP) is 2.46. The minimum atomic E-state index is -4.18. The van der Waals surface area contributed by atoms with Gasteiger partial charge in [-0.05, 0) is 31.0 Å². The first kappa shape index (κ1) is 27.3. The van der Waals surface area contributed by atoms with Crippen LogP contribution in [0.2, 0.25) is 0 Å². The maximum atomic E-state index is 12.6. The van der Waals surface area contributed by atoms with Gasteiger partial charge in [0.2, 0.25) is 0 Å². The first-order valence-electron chi connectivity index (χ1n) is 9.92. The van der Waals surface area contributed by atoms with E-state index in [9.17, 15) is 18.0 Å². The minimum absolute atomic E-state index is 0. The lowest BCUT2D eigenvalue weighted by molar-refractivity contribution is -0.143. The number of hydrogen-bond acceptors (Lipinski definition) is 4. The van der Waals surface area contributed by atoms with Crippen LogP contribution in [0.25, 0.3) is 0 Å². The van der Waals surface area contributed by atoms with Crippen molar-refractivity contribution in [2.24, 2.45) is 4.99 Å². The number of guanidine groups is 1. The van der Waals surface area contributed by atoms with Gasteiger partial charge in [-0.25, -0.2) is 4.99 Å². The van der Waals surface area contributed by atoms with Gasteiger partial charge in [0.05, 0.1) is 13.1 Å². The third-order valence-electron chi connectivity index (χ3n) is 4.54. The maximum Gasteiger partial charge on any atom is 0.401 e. The van der Waals surface area contributed by atoms with Crippen molar-refractivity contribution in [1.82, 2.24) is 20.4 Å². The molecular formula is C20H31F3IN5O2. The summed E-state index contributed by atoms with van der Waals surface area (Å²) >= 11 is 0. The van der Waals surface area contributed by atoms with Crippen LogP contribution >= 0.6 is 24.0 Å². The Kier molecular flexibility index (Phi) is 11.4. The topological polar surface area (TPSA) is 69.2 Å². The first-order valence-corrected chi connectivity index (χ1v) is 9.92. The summed E-state index contributed by atoms with van der Waals surface area (Å²) in [5, 5.41) is 6.35. The van der Waals surface area contributed by atoms with Crippen LogP contribution in [0.5, 0.6) is 5.75 Å². The van der Waals surface area contributed by atoms with E-state index in [1.165, 1.54) is 9.80 Å². The molecule has 0 aliphatic carbocycles. The predicted molar refractivity (Wildman–Crippen MR) is 125 cm³/mol. The van der Waals surface area contributed by atoms with E-state index in [2.05, 4.69) is 15.6 Å². The van der Waals surface area contributed by atoms with Crippen LogP contribution in [-0.4, -0.2) is 80.8 Å². The molecule has 2 N–H and O–H groups in total. The molecule has 1 fully saturated rings. The first-order chi connectivity index (χ1) is 14.2. The van der Waals surface area contributed by atoms with Crippen molar-refractivity contribution in [3.63, 3.8) is 0 Å². The highest BCUT2D eigenvalue weighted by Gasteiger charge is 2.34. The van der Waals surface area contributed by atoms with Crippen LogP contribution in [-0.2, 0) is 11.3 Å². The van der Waals surface area contributed by atoms with Crippen LogP contribution in [0.15, 0.2) is 29.3 Å². The Morgan fingerprint density at radius 1 is 1.35 bits per heavy atom. The van der Waals surface area contributed by atoms with Crippen molar-refractivity contribution in [1.29, 1.82) is 0 Å². The Bertz CT molecular complexity index is 731. The number of benzene rings is 1. The standard InChI is InChI=1S/C20H30F3N5O2.HI/c1-4-24-19(26-16-8-9-28(12-16)14-20(21,22)23)25-11-15-6-5-7-17(10-15)30-13-18(29)27(2)3;/h5-7,10,16H,4,8-9,11-14H2,1-3H3,(H2,24,25,26);1H. The molecule has 2 rings (SSSR count). The van der Waals surface area contributed by atoms with Crippen molar-refractivity contribution in [3.05, 3.63) is 29.8 Å². The number of nitrogens with zero attached hydrogens (tertiary/aromatic N) is 3. The Morgan fingerprint density at radius 3 is 2.74 bits per heavy atom. The fourth-order valence-corrected chi connectivity index (χ4v) is 3.04. The third-order valence-corrected chi connectivity index (χ3v) is 4.54.